The first-order valence-electron chi connectivity index (χ1n) is 16.0. The number of carbonyl (C=O) groups excluding carboxylic acids is 3. The molecule has 3 heterocycles. The average molecular weight is 654 g/mol. The van der Waals surface area contributed by atoms with Crippen molar-refractivity contribution in [2.24, 2.45) is 0 Å². The highest BCUT2D eigenvalue weighted by Gasteiger charge is 2.38. The lowest BCUT2D eigenvalue weighted by Gasteiger charge is -2.34. The van der Waals surface area contributed by atoms with E-state index in [4.69, 9.17) is 4.74 Å². The van der Waals surface area contributed by atoms with Crippen LogP contribution in [0, 0.1) is 0 Å². The Morgan fingerprint density at radius 1 is 1.12 bits per heavy atom. The van der Waals surface area contributed by atoms with Gasteiger partial charge in [0.1, 0.15) is 29.0 Å². The topological polar surface area (TPSA) is 156 Å². The van der Waals surface area contributed by atoms with E-state index >= 15 is 0 Å². The second-order valence-corrected chi connectivity index (χ2v) is 13.3. The summed E-state index contributed by atoms with van der Waals surface area (Å²) in [4.78, 5) is 49.9. The van der Waals surface area contributed by atoms with Crippen molar-refractivity contribution < 1.29 is 19.1 Å². The van der Waals surface area contributed by atoms with Crippen molar-refractivity contribution in [1.82, 2.24) is 40.1 Å². The van der Waals surface area contributed by atoms with Crippen LogP contribution in [-0.2, 0) is 15.7 Å². The molecule has 0 aliphatic heterocycles. The number of pyridine rings is 1. The lowest BCUT2D eigenvalue weighted by Crippen LogP contribution is -2.49. The number of carbonyl (C=O) groups is 3. The molecule has 48 heavy (non-hydrogen) atoms. The van der Waals surface area contributed by atoms with Crippen molar-refractivity contribution in [3.8, 4) is 5.75 Å². The van der Waals surface area contributed by atoms with Gasteiger partial charge in [-0.25, -0.2) is 14.8 Å². The maximum absolute atomic E-state index is 13.5. The first kappa shape index (κ1) is 34.2. The number of hydrogen-bond donors (Lipinski definition) is 3. The SMILES string of the molecule is CC[C@H](C)c1nnc2ccc(O[C@@H]3C=C[C@](C=O)(NC(=O)Nc4cc(C(C)(C)C)nc(C(=O)NCCN(C)C)n4)c4ccccc43)cn12. The lowest BCUT2D eigenvalue weighted by atomic mass is 9.81. The van der Waals surface area contributed by atoms with E-state index in [1.807, 2.05) is 74.6 Å². The highest BCUT2D eigenvalue weighted by Crippen LogP contribution is 2.37. The largest absolute Gasteiger partial charge is 0.480 e. The Morgan fingerprint density at radius 2 is 1.90 bits per heavy atom. The van der Waals surface area contributed by atoms with Gasteiger partial charge in [0, 0.05) is 36.1 Å². The quantitative estimate of drug-likeness (QED) is 0.156. The van der Waals surface area contributed by atoms with Gasteiger partial charge in [-0.2, -0.15) is 0 Å². The van der Waals surface area contributed by atoms with Crippen LogP contribution in [0.5, 0.6) is 5.75 Å². The number of anilines is 1. The molecule has 1 aromatic carbocycles. The summed E-state index contributed by atoms with van der Waals surface area (Å²) in [5.41, 5.74) is 0.643. The molecule has 0 unspecified atom stereocenters. The van der Waals surface area contributed by atoms with Crippen molar-refractivity contribution in [2.45, 2.75) is 64.0 Å². The summed E-state index contributed by atoms with van der Waals surface area (Å²) < 4.78 is 8.35. The second kappa shape index (κ2) is 13.9. The van der Waals surface area contributed by atoms with Crippen LogP contribution in [0.15, 0.2) is 60.8 Å². The number of ether oxygens (including phenoxy) is 1. The van der Waals surface area contributed by atoms with Gasteiger partial charge < -0.3 is 20.3 Å². The molecule has 3 aromatic heterocycles. The van der Waals surface area contributed by atoms with E-state index in [1.165, 1.54) is 0 Å². The number of rotatable bonds is 11. The third-order valence-corrected chi connectivity index (χ3v) is 8.25. The summed E-state index contributed by atoms with van der Waals surface area (Å²) in [7, 11) is 3.82. The number of likely N-dealkylation sites (N-methyl/N-ethyl adjacent to an activating group) is 1. The smallest absolute Gasteiger partial charge is 0.321 e. The van der Waals surface area contributed by atoms with Crippen LogP contribution in [0.25, 0.3) is 5.65 Å². The number of benzene rings is 1. The first-order chi connectivity index (χ1) is 22.8. The Kier molecular flexibility index (Phi) is 9.90. The number of aldehydes is 1. The highest BCUT2D eigenvalue weighted by atomic mass is 16.5. The van der Waals surface area contributed by atoms with Crippen molar-refractivity contribution in [3.63, 3.8) is 0 Å². The molecule has 3 amide bonds. The minimum atomic E-state index is -1.49. The van der Waals surface area contributed by atoms with E-state index < -0.39 is 29.0 Å². The maximum Gasteiger partial charge on any atom is 0.321 e. The molecule has 0 bridgehead atoms. The number of nitrogens with zero attached hydrogens (tertiary/aromatic N) is 6. The number of fused-ring (bicyclic) bond motifs is 2. The van der Waals surface area contributed by atoms with E-state index in [-0.39, 0.29) is 17.6 Å². The third-order valence-electron chi connectivity index (χ3n) is 8.25. The highest BCUT2D eigenvalue weighted by molar-refractivity contribution is 5.94. The van der Waals surface area contributed by atoms with Crippen molar-refractivity contribution in [2.75, 3.05) is 32.5 Å². The lowest BCUT2D eigenvalue weighted by molar-refractivity contribution is -0.111. The van der Waals surface area contributed by atoms with Gasteiger partial charge in [0.2, 0.25) is 5.82 Å². The zero-order valence-electron chi connectivity index (χ0n) is 28.4. The molecule has 4 aromatic rings. The summed E-state index contributed by atoms with van der Waals surface area (Å²) in [6.07, 6.45) is 6.31. The van der Waals surface area contributed by atoms with Crippen molar-refractivity contribution >= 4 is 29.7 Å². The standard InChI is InChI=1S/C35H43N9O4/c1-8-22(2)31-42-41-29-14-13-23(20-44(29)31)48-26-15-16-35(21-45,25-12-10-9-11-24(25)26)40-33(47)39-28-19-27(34(3,4)5)37-30(38-28)32(46)36-17-18-43(6)7/h9-16,19-22,26H,8,17-18H2,1-7H3,(H,36,46)(H2,37,38,39,40,47)/t22-,26+,35+/m0/s1. The fourth-order valence-electron chi connectivity index (χ4n) is 5.33. The summed E-state index contributed by atoms with van der Waals surface area (Å²) in [6.45, 7) is 11.1. The molecule has 13 heteroatoms. The van der Waals surface area contributed by atoms with Crippen LogP contribution in [0.2, 0.25) is 0 Å². The van der Waals surface area contributed by atoms with E-state index in [2.05, 4.69) is 50.0 Å². The van der Waals surface area contributed by atoms with Crippen LogP contribution in [-0.4, -0.2) is 74.9 Å². The van der Waals surface area contributed by atoms with E-state index in [0.29, 0.717) is 41.9 Å². The molecule has 3 N–H and O–H groups in total. The van der Waals surface area contributed by atoms with Crippen LogP contribution in [0.4, 0.5) is 10.6 Å². The van der Waals surface area contributed by atoms with Gasteiger partial charge in [0.15, 0.2) is 11.9 Å². The number of aromatic nitrogens is 5. The molecular weight excluding hydrogens is 610 g/mol. The Balaban J connectivity index is 1.38. The summed E-state index contributed by atoms with van der Waals surface area (Å²) in [5.74, 6) is 1.27. The van der Waals surface area contributed by atoms with Gasteiger partial charge >= 0.3 is 6.03 Å². The second-order valence-electron chi connectivity index (χ2n) is 13.3. The fourth-order valence-corrected chi connectivity index (χ4v) is 5.33. The normalized spacial score (nSPS) is 17.9. The predicted molar refractivity (Wildman–Crippen MR) is 182 cm³/mol. The monoisotopic (exact) mass is 653 g/mol. The molecule has 0 saturated heterocycles. The summed E-state index contributed by atoms with van der Waals surface area (Å²) in [5, 5.41) is 17.0. The number of hydrogen-bond acceptors (Lipinski definition) is 9. The molecule has 0 radical (unpaired) electrons. The molecule has 252 valence electrons. The Morgan fingerprint density at radius 3 is 2.60 bits per heavy atom. The summed E-state index contributed by atoms with van der Waals surface area (Å²) in [6, 6.07) is 11.9. The minimum Gasteiger partial charge on any atom is -0.480 e. The zero-order chi connectivity index (χ0) is 34.6. The average Bonchev–Trinajstić information content (AvgIpc) is 3.48. The van der Waals surface area contributed by atoms with Crippen LogP contribution < -0.4 is 20.7 Å². The number of amides is 3. The fraction of sp³-hybridized carbons (Fsp3) is 0.400. The molecule has 1 aliphatic rings. The first-order valence-corrected chi connectivity index (χ1v) is 16.0. The van der Waals surface area contributed by atoms with Crippen LogP contribution in [0.3, 0.4) is 0 Å². The zero-order valence-corrected chi connectivity index (χ0v) is 28.4. The van der Waals surface area contributed by atoms with Crippen molar-refractivity contribution in [1.29, 1.82) is 0 Å². The van der Waals surface area contributed by atoms with Crippen LogP contribution >= 0.6 is 0 Å². The third kappa shape index (κ3) is 7.36. The minimum absolute atomic E-state index is 0.0644. The predicted octanol–water partition coefficient (Wildman–Crippen LogP) is 4.53. The molecule has 3 atom stereocenters. The van der Waals surface area contributed by atoms with Gasteiger partial charge in [-0.15, -0.1) is 10.2 Å². The van der Waals surface area contributed by atoms with Crippen molar-refractivity contribution in [3.05, 3.63) is 89.3 Å². The summed E-state index contributed by atoms with van der Waals surface area (Å²) >= 11 is 0. The molecular formula is C35H43N9O4. The van der Waals surface area contributed by atoms with Crippen LogP contribution in [0.1, 0.15) is 86.3 Å². The van der Waals surface area contributed by atoms with Gasteiger partial charge in [0.05, 0.1) is 11.9 Å². The molecule has 13 nitrogen and oxygen atoms in total. The molecule has 0 fully saturated rings. The number of urea groups is 1. The number of nitrogens with one attached hydrogen (secondary N) is 3. The van der Waals surface area contributed by atoms with Gasteiger partial charge in [-0.1, -0.05) is 58.9 Å². The maximum atomic E-state index is 13.5. The van der Waals surface area contributed by atoms with E-state index in [9.17, 15) is 14.4 Å². The van der Waals surface area contributed by atoms with Gasteiger partial charge in [0.25, 0.3) is 5.91 Å². The van der Waals surface area contributed by atoms with E-state index in [0.717, 1.165) is 17.9 Å². The molecule has 1 aliphatic carbocycles. The van der Waals surface area contributed by atoms with Gasteiger partial charge in [-0.05, 0) is 50.4 Å². The van der Waals surface area contributed by atoms with E-state index in [1.54, 1.807) is 30.4 Å². The Bertz CT molecular complexity index is 1850. The molecule has 0 saturated carbocycles. The Labute approximate surface area is 280 Å². The molecule has 5 rings (SSSR count). The Hall–Kier alpha value is -5.17. The molecule has 0 spiro atoms. The van der Waals surface area contributed by atoms with Gasteiger partial charge in [-0.3, -0.25) is 19.3 Å².